The molecule has 0 amide bonds. The van der Waals surface area contributed by atoms with Crippen molar-refractivity contribution in [2.75, 3.05) is 14.1 Å². The van der Waals surface area contributed by atoms with Gasteiger partial charge in [-0.1, -0.05) is 11.6 Å². The van der Waals surface area contributed by atoms with Gasteiger partial charge in [0.15, 0.2) is 0 Å². The number of halogens is 1. The number of hydrogen-bond donors (Lipinski definition) is 0. The largest absolute Gasteiger partial charge is 0.382 e. The van der Waals surface area contributed by atoms with Gasteiger partial charge in [-0.05, 0) is 20.8 Å². The van der Waals surface area contributed by atoms with E-state index >= 15 is 0 Å². The maximum absolute atomic E-state index is 12.1. The fourth-order valence-corrected chi connectivity index (χ4v) is 1.97. The van der Waals surface area contributed by atoms with E-state index in [0.29, 0.717) is 5.69 Å². The Morgan fingerprint density at radius 2 is 2.12 bits per heavy atom. The lowest BCUT2D eigenvalue weighted by Gasteiger charge is -2.13. The first-order valence-electron chi connectivity index (χ1n) is 5.47. The minimum absolute atomic E-state index is 0.181. The topological polar surface area (TPSA) is 38.1 Å². The first-order chi connectivity index (χ1) is 7.84. The van der Waals surface area contributed by atoms with E-state index in [0.717, 1.165) is 5.82 Å². The smallest absolute Gasteiger partial charge is 0.223 e. The van der Waals surface area contributed by atoms with Crippen molar-refractivity contribution < 1.29 is 4.79 Å². The molecule has 0 atom stereocenters. The molecule has 1 heterocycles. The van der Waals surface area contributed by atoms with Gasteiger partial charge in [-0.2, -0.15) is 0 Å². The van der Waals surface area contributed by atoms with Crippen LogP contribution in [0.4, 0.5) is 0 Å². The van der Waals surface area contributed by atoms with E-state index in [9.17, 15) is 4.79 Å². The minimum atomic E-state index is -0.199. The van der Waals surface area contributed by atoms with Crippen molar-refractivity contribution in [3.8, 4) is 0 Å². The van der Waals surface area contributed by atoms with Crippen LogP contribution in [0.5, 0.6) is 0 Å². The average Bonchev–Trinajstić information content (AvgIpc) is 2.57. The lowest BCUT2D eigenvalue weighted by molar-refractivity contribution is 0.103. The molecule has 0 aliphatic rings. The van der Waals surface area contributed by atoms with Crippen LogP contribution in [0.1, 0.15) is 36.2 Å². The molecule has 0 unspecified atom stereocenters. The maximum atomic E-state index is 12.1. The van der Waals surface area contributed by atoms with Crippen LogP contribution in [0.3, 0.4) is 0 Å². The Kier molecular flexibility index (Phi) is 4.34. The van der Waals surface area contributed by atoms with E-state index in [-0.39, 0.29) is 16.9 Å². The van der Waals surface area contributed by atoms with E-state index in [1.165, 1.54) is 0 Å². The Morgan fingerprint density at radius 3 is 2.59 bits per heavy atom. The molecule has 0 saturated carbocycles. The quantitative estimate of drug-likeness (QED) is 0.613. The second kappa shape index (κ2) is 5.36. The molecule has 1 aromatic heterocycles. The lowest BCUT2D eigenvalue weighted by atomic mass is 10.2. The van der Waals surface area contributed by atoms with Crippen LogP contribution >= 0.6 is 11.6 Å². The predicted octanol–water partition coefficient (Wildman–Crippen LogP) is 2.60. The van der Waals surface area contributed by atoms with Crippen LogP contribution < -0.4 is 0 Å². The highest BCUT2D eigenvalue weighted by Gasteiger charge is 2.19. The number of aryl methyl sites for hydroxylation is 1. The molecule has 0 radical (unpaired) electrons. The molecule has 1 aromatic rings. The zero-order chi connectivity index (χ0) is 13.2. The summed E-state index contributed by atoms with van der Waals surface area (Å²) < 4.78 is 1.88. The van der Waals surface area contributed by atoms with E-state index in [2.05, 4.69) is 4.98 Å². The molecule has 1 rings (SSSR count). The van der Waals surface area contributed by atoms with Gasteiger partial charge < -0.3 is 9.47 Å². The molecule has 0 aliphatic heterocycles. The van der Waals surface area contributed by atoms with Crippen molar-refractivity contribution in [1.29, 1.82) is 0 Å². The molecule has 0 saturated heterocycles. The van der Waals surface area contributed by atoms with Crippen LogP contribution in [0.25, 0.3) is 0 Å². The Bertz CT molecular complexity index is 447. The van der Waals surface area contributed by atoms with Gasteiger partial charge in [0, 0.05) is 26.3 Å². The van der Waals surface area contributed by atoms with Gasteiger partial charge in [0.25, 0.3) is 0 Å². The summed E-state index contributed by atoms with van der Waals surface area (Å²) in [6, 6.07) is 0.181. The zero-order valence-corrected chi connectivity index (χ0v) is 11.6. The fraction of sp³-hybridized carbons (Fsp3) is 0.500. The molecule has 5 heteroatoms. The molecule has 0 aromatic carbocycles. The highest BCUT2D eigenvalue weighted by Crippen LogP contribution is 2.18. The fourth-order valence-electron chi connectivity index (χ4n) is 1.68. The van der Waals surface area contributed by atoms with Gasteiger partial charge >= 0.3 is 0 Å². The highest BCUT2D eigenvalue weighted by molar-refractivity contribution is 6.44. The average molecular weight is 256 g/mol. The van der Waals surface area contributed by atoms with Crippen LogP contribution in [0, 0.1) is 6.92 Å². The number of rotatable bonds is 4. The zero-order valence-electron chi connectivity index (χ0n) is 10.9. The van der Waals surface area contributed by atoms with E-state index in [1.807, 2.05) is 39.4 Å². The third-order valence-electron chi connectivity index (χ3n) is 2.32. The number of aromatic nitrogens is 2. The van der Waals surface area contributed by atoms with Crippen molar-refractivity contribution in [2.24, 2.45) is 0 Å². The summed E-state index contributed by atoms with van der Waals surface area (Å²) in [5, 5.41) is 0.191. The Labute approximate surface area is 107 Å². The van der Waals surface area contributed by atoms with Crippen LogP contribution in [0.15, 0.2) is 17.4 Å². The van der Waals surface area contributed by atoms with Crippen LogP contribution in [-0.2, 0) is 0 Å². The number of ketones is 1. The summed E-state index contributed by atoms with van der Waals surface area (Å²) in [5.41, 5.74) is 0.528. The van der Waals surface area contributed by atoms with Gasteiger partial charge in [0.05, 0.1) is 6.20 Å². The van der Waals surface area contributed by atoms with E-state index < -0.39 is 0 Å². The number of carbonyl (C=O) groups excluding carboxylic acids is 1. The van der Waals surface area contributed by atoms with Crippen molar-refractivity contribution in [2.45, 2.75) is 26.8 Å². The molecule has 4 nitrogen and oxygen atoms in total. The monoisotopic (exact) mass is 255 g/mol. The van der Waals surface area contributed by atoms with E-state index in [4.69, 9.17) is 11.6 Å². The first kappa shape index (κ1) is 13.8. The number of carbonyl (C=O) groups is 1. The van der Waals surface area contributed by atoms with Crippen LogP contribution in [-0.4, -0.2) is 34.3 Å². The van der Waals surface area contributed by atoms with E-state index in [1.54, 1.807) is 17.3 Å². The Balaban J connectivity index is 3.13. The van der Waals surface area contributed by atoms with Gasteiger partial charge in [-0.25, -0.2) is 4.98 Å². The Morgan fingerprint density at radius 1 is 1.53 bits per heavy atom. The van der Waals surface area contributed by atoms with Gasteiger partial charge in [0.1, 0.15) is 16.6 Å². The van der Waals surface area contributed by atoms with Crippen molar-refractivity contribution in [1.82, 2.24) is 14.5 Å². The summed E-state index contributed by atoms with van der Waals surface area (Å²) in [4.78, 5) is 18.0. The van der Waals surface area contributed by atoms with Crippen molar-refractivity contribution in [3.63, 3.8) is 0 Å². The third-order valence-corrected chi connectivity index (χ3v) is 2.59. The summed E-state index contributed by atoms with van der Waals surface area (Å²) >= 11 is 5.98. The number of Topliss-reactive ketones (excluding diaryl/α,β-unsaturated/α-hetero) is 1. The number of imidazole rings is 1. The SMILES string of the molecule is Cc1ncc(C(=O)/C(Cl)=C/N(C)C)n1C(C)C. The Hall–Kier alpha value is -1.29. The molecule has 0 N–H and O–H groups in total. The van der Waals surface area contributed by atoms with Gasteiger partial charge in [-0.3, -0.25) is 4.79 Å². The molecule has 0 bridgehead atoms. The van der Waals surface area contributed by atoms with Gasteiger partial charge in [-0.15, -0.1) is 0 Å². The van der Waals surface area contributed by atoms with Gasteiger partial charge in [0.2, 0.25) is 5.78 Å². The standard InChI is InChI=1S/C12H18ClN3O/c1-8(2)16-9(3)14-6-11(16)12(17)10(13)7-15(4)5/h6-8H,1-5H3/b10-7-. The second-order valence-electron chi connectivity index (χ2n) is 4.42. The molecule has 17 heavy (non-hydrogen) atoms. The molecule has 0 fully saturated rings. The first-order valence-corrected chi connectivity index (χ1v) is 5.84. The normalized spacial score (nSPS) is 12.1. The summed E-state index contributed by atoms with van der Waals surface area (Å²) in [6.07, 6.45) is 3.17. The molecular formula is C12H18ClN3O. The number of hydrogen-bond acceptors (Lipinski definition) is 3. The summed E-state index contributed by atoms with van der Waals surface area (Å²) in [6.45, 7) is 5.89. The minimum Gasteiger partial charge on any atom is -0.382 e. The molecule has 94 valence electrons. The second-order valence-corrected chi connectivity index (χ2v) is 4.83. The number of nitrogens with zero attached hydrogens (tertiary/aromatic N) is 3. The third kappa shape index (κ3) is 3.09. The highest BCUT2D eigenvalue weighted by atomic mass is 35.5. The summed E-state index contributed by atoms with van der Waals surface area (Å²) in [5.74, 6) is 0.618. The molecule has 0 aliphatic carbocycles. The summed E-state index contributed by atoms with van der Waals surface area (Å²) in [7, 11) is 3.64. The molecule has 0 spiro atoms. The lowest BCUT2D eigenvalue weighted by Crippen LogP contribution is -2.14. The van der Waals surface area contributed by atoms with Crippen LogP contribution in [0.2, 0.25) is 0 Å². The maximum Gasteiger partial charge on any atom is 0.223 e. The predicted molar refractivity (Wildman–Crippen MR) is 69.3 cm³/mol. The number of allylic oxidation sites excluding steroid dienone is 1. The molecular weight excluding hydrogens is 238 g/mol. The van der Waals surface area contributed by atoms with Crippen molar-refractivity contribution >= 4 is 17.4 Å². The van der Waals surface area contributed by atoms with Crippen molar-refractivity contribution in [3.05, 3.63) is 28.9 Å².